The second kappa shape index (κ2) is 6.06. The first-order valence-corrected chi connectivity index (χ1v) is 6.69. The third kappa shape index (κ3) is 3.07. The van der Waals surface area contributed by atoms with E-state index in [2.05, 4.69) is 11.4 Å². The van der Waals surface area contributed by atoms with E-state index in [0.29, 0.717) is 6.61 Å². The minimum absolute atomic E-state index is 0.0589. The lowest BCUT2D eigenvalue weighted by Gasteiger charge is -2.30. The van der Waals surface area contributed by atoms with E-state index in [0.717, 1.165) is 17.7 Å². The molecule has 0 saturated heterocycles. The van der Waals surface area contributed by atoms with Gasteiger partial charge in [0.25, 0.3) is 0 Å². The lowest BCUT2D eigenvalue weighted by molar-refractivity contribution is -0.145. The van der Waals surface area contributed by atoms with Gasteiger partial charge in [-0.15, -0.1) is 0 Å². The van der Waals surface area contributed by atoms with Crippen molar-refractivity contribution in [3.63, 3.8) is 0 Å². The van der Waals surface area contributed by atoms with Crippen molar-refractivity contribution in [2.45, 2.75) is 32.4 Å². The molecule has 1 aromatic carbocycles. The number of hydrogen-bond donors (Lipinski definition) is 1. The molecule has 4 heteroatoms. The van der Waals surface area contributed by atoms with Gasteiger partial charge in [0.2, 0.25) is 0 Å². The summed E-state index contributed by atoms with van der Waals surface area (Å²) in [6, 6.07) is 8.33. The molecule has 3 atom stereocenters. The fourth-order valence-electron chi connectivity index (χ4n) is 2.37. The summed E-state index contributed by atoms with van der Waals surface area (Å²) < 4.78 is 10.4. The van der Waals surface area contributed by atoms with Crippen LogP contribution in [0.15, 0.2) is 24.3 Å². The molecule has 0 radical (unpaired) electrons. The fraction of sp³-hybridized carbons (Fsp3) is 0.533. The van der Waals surface area contributed by atoms with E-state index < -0.39 is 0 Å². The lowest BCUT2D eigenvalue weighted by atomic mass is 9.97. The molecule has 1 aliphatic rings. The third-order valence-electron chi connectivity index (χ3n) is 3.75. The Kier molecular flexibility index (Phi) is 4.43. The quantitative estimate of drug-likeness (QED) is 0.847. The first-order valence-electron chi connectivity index (χ1n) is 6.69. The number of nitrogens with one attached hydrogen (secondary N) is 1. The van der Waals surface area contributed by atoms with Crippen LogP contribution in [0.2, 0.25) is 0 Å². The van der Waals surface area contributed by atoms with E-state index in [1.54, 1.807) is 0 Å². The summed E-state index contributed by atoms with van der Waals surface area (Å²) in [6.07, 6.45) is 0.912. The highest BCUT2D eigenvalue weighted by Gasteiger charge is 2.27. The summed E-state index contributed by atoms with van der Waals surface area (Å²) in [5, 5.41) is 3.51. The normalized spacial score (nSPS) is 20.9. The highest BCUT2D eigenvalue weighted by Crippen LogP contribution is 2.32. The molecule has 104 valence electrons. The van der Waals surface area contributed by atoms with Gasteiger partial charge in [-0.05, 0) is 13.0 Å². The van der Waals surface area contributed by atoms with Gasteiger partial charge in [-0.2, -0.15) is 0 Å². The van der Waals surface area contributed by atoms with Crippen molar-refractivity contribution in [2.24, 2.45) is 5.92 Å². The number of benzene rings is 1. The molecule has 19 heavy (non-hydrogen) atoms. The Balaban J connectivity index is 2.06. The monoisotopic (exact) mass is 263 g/mol. The Labute approximate surface area is 114 Å². The molecule has 0 spiro atoms. The van der Waals surface area contributed by atoms with Crippen LogP contribution in [-0.4, -0.2) is 25.7 Å². The lowest BCUT2D eigenvalue weighted by Crippen LogP contribution is -2.40. The van der Waals surface area contributed by atoms with Crippen molar-refractivity contribution < 1.29 is 14.3 Å². The zero-order chi connectivity index (χ0) is 13.8. The highest BCUT2D eigenvalue weighted by atomic mass is 16.5. The SMILES string of the molecule is COC(=O)C(C)C(C)NC1CCOc2ccccc21. The van der Waals surface area contributed by atoms with Crippen LogP contribution < -0.4 is 10.1 Å². The Hall–Kier alpha value is -1.55. The molecule has 0 aromatic heterocycles. The topological polar surface area (TPSA) is 47.6 Å². The van der Waals surface area contributed by atoms with Gasteiger partial charge in [-0.3, -0.25) is 4.79 Å². The summed E-state index contributed by atoms with van der Waals surface area (Å²) in [5.41, 5.74) is 1.16. The number of ether oxygens (including phenoxy) is 2. The first kappa shape index (κ1) is 13.9. The molecule has 1 aliphatic heterocycles. The molecular weight excluding hydrogens is 242 g/mol. The zero-order valence-electron chi connectivity index (χ0n) is 11.7. The van der Waals surface area contributed by atoms with Crippen LogP contribution in [0.3, 0.4) is 0 Å². The maximum Gasteiger partial charge on any atom is 0.309 e. The molecule has 1 N–H and O–H groups in total. The minimum atomic E-state index is -0.180. The third-order valence-corrected chi connectivity index (χ3v) is 3.75. The number of esters is 1. The smallest absolute Gasteiger partial charge is 0.309 e. The first-order chi connectivity index (χ1) is 9.13. The van der Waals surface area contributed by atoms with Crippen LogP contribution in [0.1, 0.15) is 31.9 Å². The Morgan fingerprint density at radius 3 is 2.89 bits per heavy atom. The molecule has 1 aromatic rings. The molecule has 0 fully saturated rings. The van der Waals surface area contributed by atoms with Crippen LogP contribution in [0.25, 0.3) is 0 Å². The average Bonchev–Trinajstić information content (AvgIpc) is 2.46. The Morgan fingerprint density at radius 2 is 2.16 bits per heavy atom. The zero-order valence-corrected chi connectivity index (χ0v) is 11.7. The van der Waals surface area contributed by atoms with Crippen molar-refractivity contribution in [1.29, 1.82) is 0 Å². The van der Waals surface area contributed by atoms with Crippen molar-refractivity contribution in [3.8, 4) is 5.75 Å². The summed E-state index contributed by atoms with van der Waals surface area (Å²) >= 11 is 0. The molecule has 0 bridgehead atoms. The van der Waals surface area contributed by atoms with Gasteiger partial charge in [0, 0.05) is 24.1 Å². The van der Waals surface area contributed by atoms with E-state index >= 15 is 0 Å². The second-order valence-electron chi connectivity index (χ2n) is 4.99. The van der Waals surface area contributed by atoms with Crippen molar-refractivity contribution in [3.05, 3.63) is 29.8 Å². The van der Waals surface area contributed by atoms with Crippen LogP contribution >= 0.6 is 0 Å². The molecule has 0 saturated carbocycles. The van der Waals surface area contributed by atoms with Crippen molar-refractivity contribution in [1.82, 2.24) is 5.32 Å². The van der Waals surface area contributed by atoms with E-state index in [1.165, 1.54) is 7.11 Å². The molecule has 3 unspecified atom stereocenters. The van der Waals surface area contributed by atoms with E-state index in [9.17, 15) is 4.79 Å². The molecule has 4 nitrogen and oxygen atoms in total. The van der Waals surface area contributed by atoms with Gasteiger partial charge >= 0.3 is 5.97 Å². The standard InChI is InChI=1S/C15H21NO3/c1-10(15(17)18-3)11(2)16-13-8-9-19-14-7-5-4-6-12(13)14/h4-7,10-11,13,16H,8-9H2,1-3H3. The number of rotatable bonds is 4. The Morgan fingerprint density at radius 1 is 1.42 bits per heavy atom. The van der Waals surface area contributed by atoms with E-state index in [4.69, 9.17) is 9.47 Å². The van der Waals surface area contributed by atoms with Crippen LogP contribution in [-0.2, 0) is 9.53 Å². The van der Waals surface area contributed by atoms with Crippen molar-refractivity contribution >= 4 is 5.97 Å². The van der Waals surface area contributed by atoms with Gasteiger partial charge in [0.05, 0.1) is 19.6 Å². The summed E-state index contributed by atoms with van der Waals surface area (Å²) in [4.78, 5) is 11.6. The summed E-state index contributed by atoms with van der Waals surface area (Å²) in [6.45, 7) is 4.60. The molecular formula is C15H21NO3. The van der Waals surface area contributed by atoms with Gasteiger partial charge < -0.3 is 14.8 Å². The number of fused-ring (bicyclic) bond motifs is 1. The molecule has 2 rings (SSSR count). The number of methoxy groups -OCH3 is 1. The van der Waals surface area contributed by atoms with Crippen LogP contribution in [0.4, 0.5) is 0 Å². The second-order valence-corrected chi connectivity index (χ2v) is 4.99. The molecule has 1 heterocycles. The van der Waals surface area contributed by atoms with E-state index in [-0.39, 0.29) is 24.0 Å². The van der Waals surface area contributed by atoms with E-state index in [1.807, 2.05) is 32.0 Å². The molecule has 0 amide bonds. The van der Waals surface area contributed by atoms with Gasteiger partial charge in [-0.25, -0.2) is 0 Å². The maximum atomic E-state index is 11.6. The van der Waals surface area contributed by atoms with Crippen molar-refractivity contribution in [2.75, 3.05) is 13.7 Å². The van der Waals surface area contributed by atoms with Crippen LogP contribution in [0.5, 0.6) is 5.75 Å². The fourth-order valence-corrected chi connectivity index (χ4v) is 2.37. The average molecular weight is 263 g/mol. The van der Waals surface area contributed by atoms with Gasteiger partial charge in [-0.1, -0.05) is 25.1 Å². The molecule has 0 aliphatic carbocycles. The number of carbonyl (C=O) groups excluding carboxylic acids is 1. The maximum absolute atomic E-state index is 11.6. The predicted molar refractivity (Wildman–Crippen MR) is 73.1 cm³/mol. The highest BCUT2D eigenvalue weighted by molar-refractivity contribution is 5.72. The van der Waals surface area contributed by atoms with Crippen LogP contribution in [0, 0.1) is 5.92 Å². The number of carbonyl (C=O) groups is 1. The number of para-hydroxylation sites is 1. The summed E-state index contributed by atoms with van der Waals surface area (Å²) in [7, 11) is 1.43. The predicted octanol–water partition coefficient (Wildman–Crippen LogP) is 2.30. The largest absolute Gasteiger partial charge is 0.493 e. The Bertz CT molecular complexity index is 447. The minimum Gasteiger partial charge on any atom is -0.493 e. The van der Waals surface area contributed by atoms with Gasteiger partial charge in [0.1, 0.15) is 5.75 Å². The number of hydrogen-bond acceptors (Lipinski definition) is 4. The summed E-state index contributed by atoms with van der Waals surface area (Å²) in [5.74, 6) is 0.588. The van der Waals surface area contributed by atoms with Gasteiger partial charge in [0.15, 0.2) is 0 Å².